The minimum Gasteiger partial charge on any atom is -0.502 e. The highest BCUT2D eigenvalue weighted by Crippen LogP contribution is 2.55. The largest absolute Gasteiger partial charge is 0.502 e. The average Bonchev–Trinajstić information content (AvgIpc) is 3.28. The number of methoxy groups -OCH3 is 4. The number of hydrogen-bond acceptors (Lipinski definition) is 9. The number of ether oxygens (including phenoxy) is 6. The summed E-state index contributed by atoms with van der Waals surface area (Å²) in [5, 5.41) is 32.0. The molecule has 0 aliphatic carbocycles. The van der Waals surface area contributed by atoms with Crippen molar-refractivity contribution in [2.24, 2.45) is 5.92 Å². The van der Waals surface area contributed by atoms with E-state index in [9.17, 15) is 15.3 Å². The number of phenols is 2. The highest BCUT2D eigenvalue weighted by molar-refractivity contribution is 5.55. The Hall–Kier alpha value is -2.88. The Balaban J connectivity index is 1.69. The van der Waals surface area contributed by atoms with Crippen molar-refractivity contribution in [1.29, 1.82) is 0 Å². The lowest BCUT2D eigenvalue weighted by Crippen LogP contribution is -2.39. The zero-order valence-corrected chi connectivity index (χ0v) is 17.7. The molecule has 3 N–H and O–H groups in total. The van der Waals surface area contributed by atoms with Crippen LogP contribution in [0.3, 0.4) is 0 Å². The van der Waals surface area contributed by atoms with Gasteiger partial charge in [-0.1, -0.05) is 0 Å². The van der Waals surface area contributed by atoms with Crippen LogP contribution >= 0.6 is 0 Å². The van der Waals surface area contributed by atoms with Crippen molar-refractivity contribution >= 4 is 0 Å². The maximum Gasteiger partial charge on any atom is 0.200 e. The molecule has 0 amide bonds. The monoisotopic (exact) mass is 434 g/mol. The van der Waals surface area contributed by atoms with Gasteiger partial charge in [-0.3, -0.25) is 0 Å². The fourth-order valence-electron chi connectivity index (χ4n) is 4.41. The summed E-state index contributed by atoms with van der Waals surface area (Å²) in [6.45, 7) is 0.271. The Labute approximate surface area is 179 Å². The van der Waals surface area contributed by atoms with E-state index in [-0.39, 0.29) is 53.6 Å². The van der Waals surface area contributed by atoms with Gasteiger partial charge in [-0.2, -0.15) is 0 Å². The molecule has 4 rings (SSSR count). The summed E-state index contributed by atoms with van der Waals surface area (Å²) in [6.07, 6.45) is -1.22. The van der Waals surface area contributed by atoms with E-state index < -0.39 is 17.8 Å². The lowest BCUT2D eigenvalue weighted by molar-refractivity contribution is -0.0629. The maximum atomic E-state index is 11.6. The summed E-state index contributed by atoms with van der Waals surface area (Å²) in [7, 11) is 5.77. The molecule has 2 aromatic rings. The van der Waals surface area contributed by atoms with E-state index in [0.717, 1.165) is 0 Å². The van der Waals surface area contributed by atoms with Crippen molar-refractivity contribution in [2.75, 3.05) is 41.7 Å². The van der Waals surface area contributed by atoms with Gasteiger partial charge in [0.1, 0.15) is 11.7 Å². The van der Waals surface area contributed by atoms with Crippen molar-refractivity contribution in [3.8, 4) is 34.5 Å². The lowest BCUT2D eigenvalue weighted by atomic mass is 9.80. The first kappa shape index (κ1) is 21.4. The Morgan fingerprint density at radius 3 is 1.68 bits per heavy atom. The van der Waals surface area contributed by atoms with Crippen LogP contribution in [-0.4, -0.2) is 62.6 Å². The Kier molecular flexibility index (Phi) is 5.50. The summed E-state index contributed by atoms with van der Waals surface area (Å²) >= 11 is 0. The quantitative estimate of drug-likeness (QED) is 0.630. The molecule has 4 atom stereocenters. The minimum absolute atomic E-state index is 0.0318. The molecule has 0 radical (unpaired) electrons. The van der Waals surface area contributed by atoms with Gasteiger partial charge >= 0.3 is 0 Å². The van der Waals surface area contributed by atoms with E-state index in [1.807, 2.05) is 0 Å². The van der Waals surface area contributed by atoms with Gasteiger partial charge in [-0.15, -0.1) is 0 Å². The fourth-order valence-corrected chi connectivity index (χ4v) is 4.41. The average molecular weight is 434 g/mol. The predicted octanol–water partition coefficient (Wildman–Crippen LogP) is 2.32. The highest BCUT2D eigenvalue weighted by Gasteiger charge is 2.59. The molecule has 0 aromatic heterocycles. The summed E-state index contributed by atoms with van der Waals surface area (Å²) in [4.78, 5) is 0. The third-order valence-electron chi connectivity index (χ3n) is 6.03. The SMILES string of the molecule is COc1cc(C2OCC3(O)C(c4cc(OC)c(O)c(OC)c4)OCC23)cc(OC)c1O. The summed E-state index contributed by atoms with van der Waals surface area (Å²) in [5.41, 5.74) is -0.0325. The third-order valence-corrected chi connectivity index (χ3v) is 6.03. The van der Waals surface area contributed by atoms with Crippen LogP contribution in [0.2, 0.25) is 0 Å². The zero-order valence-electron chi connectivity index (χ0n) is 17.7. The van der Waals surface area contributed by atoms with Crippen molar-refractivity contribution < 1.29 is 43.7 Å². The van der Waals surface area contributed by atoms with Crippen molar-refractivity contribution in [3.63, 3.8) is 0 Å². The standard InChI is InChI=1S/C22H26O9/c1-26-14-5-11(6-15(27-2)18(14)23)20-13-9-30-21(22(13,25)10-31-20)12-7-16(28-3)19(24)17(8-12)29-4/h5-8,13,20-21,23-25H,9-10H2,1-4H3. The van der Waals surface area contributed by atoms with Crippen molar-refractivity contribution in [2.45, 2.75) is 17.8 Å². The van der Waals surface area contributed by atoms with E-state index in [2.05, 4.69) is 0 Å². The molecular formula is C22H26O9. The van der Waals surface area contributed by atoms with Crippen molar-refractivity contribution in [3.05, 3.63) is 35.4 Å². The predicted molar refractivity (Wildman–Crippen MR) is 108 cm³/mol. The number of hydrogen-bond donors (Lipinski definition) is 3. The molecule has 9 heteroatoms. The second-order valence-corrected chi connectivity index (χ2v) is 7.59. The fraction of sp³-hybridized carbons (Fsp3) is 0.455. The van der Waals surface area contributed by atoms with E-state index >= 15 is 0 Å². The third kappa shape index (κ3) is 3.29. The molecule has 0 bridgehead atoms. The molecule has 0 spiro atoms. The van der Waals surface area contributed by atoms with E-state index in [4.69, 9.17) is 28.4 Å². The van der Waals surface area contributed by atoms with Crippen molar-refractivity contribution in [1.82, 2.24) is 0 Å². The van der Waals surface area contributed by atoms with Gasteiger partial charge in [0.2, 0.25) is 11.5 Å². The molecule has 168 valence electrons. The number of aromatic hydroxyl groups is 2. The second kappa shape index (κ2) is 7.99. The number of rotatable bonds is 6. The molecule has 2 aromatic carbocycles. The maximum absolute atomic E-state index is 11.6. The molecule has 4 unspecified atom stereocenters. The van der Waals surface area contributed by atoms with E-state index in [1.165, 1.54) is 28.4 Å². The summed E-state index contributed by atoms with van der Waals surface area (Å²) in [5.74, 6) is 0.308. The van der Waals surface area contributed by atoms with Gasteiger partial charge < -0.3 is 43.7 Å². The highest BCUT2D eigenvalue weighted by atomic mass is 16.6. The van der Waals surface area contributed by atoms with Crippen LogP contribution in [0.15, 0.2) is 24.3 Å². The number of aliphatic hydroxyl groups is 1. The zero-order chi connectivity index (χ0) is 22.3. The van der Waals surface area contributed by atoms with Crippen LogP contribution in [-0.2, 0) is 9.47 Å². The van der Waals surface area contributed by atoms with Crippen LogP contribution in [0.1, 0.15) is 23.3 Å². The molecule has 2 aliphatic rings. The smallest absolute Gasteiger partial charge is 0.200 e. The molecule has 2 heterocycles. The lowest BCUT2D eigenvalue weighted by Gasteiger charge is -2.28. The molecule has 31 heavy (non-hydrogen) atoms. The van der Waals surface area contributed by atoms with E-state index in [1.54, 1.807) is 24.3 Å². The molecule has 2 aliphatic heterocycles. The first-order valence-electron chi connectivity index (χ1n) is 9.73. The first-order valence-corrected chi connectivity index (χ1v) is 9.73. The number of fused-ring (bicyclic) bond motifs is 1. The second-order valence-electron chi connectivity index (χ2n) is 7.59. The number of benzene rings is 2. The van der Waals surface area contributed by atoms with Gasteiger partial charge in [0, 0.05) is 5.92 Å². The topological polar surface area (TPSA) is 116 Å². The first-order chi connectivity index (χ1) is 14.9. The van der Waals surface area contributed by atoms with Crippen LogP contribution in [0, 0.1) is 5.92 Å². The van der Waals surface area contributed by atoms with Crippen LogP contribution in [0.5, 0.6) is 34.5 Å². The van der Waals surface area contributed by atoms with Gasteiger partial charge in [-0.05, 0) is 35.4 Å². The summed E-state index contributed by atoms with van der Waals surface area (Å²) in [6, 6.07) is 6.55. The molecule has 2 saturated heterocycles. The van der Waals surface area contributed by atoms with Gasteiger partial charge in [0.05, 0.1) is 47.8 Å². The van der Waals surface area contributed by atoms with Gasteiger partial charge in [0.15, 0.2) is 23.0 Å². The van der Waals surface area contributed by atoms with Gasteiger partial charge in [0.25, 0.3) is 0 Å². The van der Waals surface area contributed by atoms with Gasteiger partial charge in [-0.25, -0.2) is 0 Å². The Morgan fingerprint density at radius 1 is 0.774 bits per heavy atom. The normalized spacial score (nSPS) is 27.1. The minimum atomic E-state index is -1.32. The number of phenolic OH excluding ortho intramolecular Hbond substituents is 2. The van der Waals surface area contributed by atoms with Crippen LogP contribution in [0.25, 0.3) is 0 Å². The molecule has 9 nitrogen and oxygen atoms in total. The molecular weight excluding hydrogens is 408 g/mol. The van der Waals surface area contributed by atoms with Crippen LogP contribution < -0.4 is 18.9 Å². The Morgan fingerprint density at radius 2 is 1.23 bits per heavy atom. The van der Waals surface area contributed by atoms with E-state index in [0.29, 0.717) is 11.1 Å². The van der Waals surface area contributed by atoms with Crippen LogP contribution in [0.4, 0.5) is 0 Å². The molecule has 0 saturated carbocycles. The summed E-state index contributed by atoms with van der Waals surface area (Å²) < 4.78 is 33.0. The molecule has 2 fully saturated rings. The Bertz CT molecular complexity index is 925.